The molecule has 1 fully saturated rings. The maximum absolute atomic E-state index is 12.3. The predicted molar refractivity (Wildman–Crippen MR) is 77.2 cm³/mol. The van der Waals surface area contributed by atoms with Crippen molar-refractivity contribution in [2.45, 2.75) is 23.6 Å². The third-order valence-electron chi connectivity index (χ3n) is 3.12. The normalized spacial score (nSPS) is 16.2. The number of likely N-dealkylation sites (N-methyl/N-ethyl adjacent to an activating group) is 1. The molecule has 7 heteroatoms. The minimum Gasteiger partial charge on any atom is -0.380 e. The van der Waals surface area contributed by atoms with Crippen molar-refractivity contribution in [3.63, 3.8) is 0 Å². The molecule has 0 atom stereocenters. The molecule has 1 aliphatic carbocycles. The molecule has 1 aromatic heterocycles. The number of rotatable bonds is 8. The van der Waals surface area contributed by atoms with Crippen LogP contribution in [0.5, 0.6) is 0 Å². The van der Waals surface area contributed by atoms with E-state index in [9.17, 15) is 8.42 Å². The Morgan fingerprint density at radius 1 is 1.53 bits per heavy atom. The highest BCUT2D eigenvalue weighted by atomic mass is 35.5. The van der Waals surface area contributed by atoms with Gasteiger partial charge in [0.2, 0.25) is 10.0 Å². The molecule has 1 heterocycles. The molecule has 4 nitrogen and oxygen atoms in total. The van der Waals surface area contributed by atoms with Gasteiger partial charge < -0.3 is 4.74 Å². The molecule has 1 aliphatic rings. The second kappa shape index (κ2) is 6.54. The molecule has 19 heavy (non-hydrogen) atoms. The van der Waals surface area contributed by atoms with Gasteiger partial charge in [-0.05, 0) is 30.2 Å². The molecule has 108 valence electrons. The van der Waals surface area contributed by atoms with Gasteiger partial charge in [-0.15, -0.1) is 22.9 Å². The third-order valence-corrected chi connectivity index (χ3v) is 6.53. The van der Waals surface area contributed by atoms with Crippen molar-refractivity contribution < 1.29 is 13.2 Å². The zero-order valence-corrected chi connectivity index (χ0v) is 13.2. The molecule has 1 aromatic rings. The molecule has 0 spiro atoms. The zero-order valence-electron chi connectivity index (χ0n) is 10.8. The van der Waals surface area contributed by atoms with Crippen LogP contribution in [0.3, 0.4) is 0 Å². The number of thiophene rings is 1. The first kappa shape index (κ1) is 15.3. The Hall–Kier alpha value is -0.140. The van der Waals surface area contributed by atoms with Crippen molar-refractivity contribution in [1.82, 2.24) is 4.31 Å². The Balaban J connectivity index is 1.90. The van der Waals surface area contributed by atoms with Crippen LogP contribution in [0.2, 0.25) is 0 Å². The van der Waals surface area contributed by atoms with E-state index in [1.54, 1.807) is 18.5 Å². The fourth-order valence-corrected chi connectivity index (χ4v) is 4.50. The first-order valence-corrected chi connectivity index (χ1v) is 9.07. The summed E-state index contributed by atoms with van der Waals surface area (Å²) in [6.45, 7) is 1.55. The van der Waals surface area contributed by atoms with E-state index in [1.165, 1.54) is 28.5 Å². The summed E-state index contributed by atoms with van der Waals surface area (Å²) < 4.78 is 31.5. The second-order valence-electron chi connectivity index (χ2n) is 4.69. The number of sulfonamides is 1. The number of hydrogen-bond acceptors (Lipinski definition) is 4. The number of halogens is 1. The van der Waals surface area contributed by atoms with E-state index in [0.29, 0.717) is 28.8 Å². The maximum Gasteiger partial charge on any atom is 0.244 e. The maximum atomic E-state index is 12.3. The van der Waals surface area contributed by atoms with Crippen LogP contribution >= 0.6 is 22.9 Å². The molecule has 0 unspecified atom stereocenters. The zero-order chi connectivity index (χ0) is 13.9. The Kier molecular flexibility index (Phi) is 5.25. The lowest BCUT2D eigenvalue weighted by Crippen LogP contribution is -2.30. The highest BCUT2D eigenvalue weighted by Crippen LogP contribution is 2.29. The van der Waals surface area contributed by atoms with Crippen LogP contribution in [0.1, 0.15) is 17.7 Å². The quantitative estimate of drug-likeness (QED) is 0.545. The highest BCUT2D eigenvalue weighted by molar-refractivity contribution is 7.89. The summed E-state index contributed by atoms with van der Waals surface area (Å²) in [5.41, 5.74) is 0. The van der Waals surface area contributed by atoms with Crippen molar-refractivity contribution in [2.24, 2.45) is 5.92 Å². The average molecular weight is 324 g/mol. The summed E-state index contributed by atoms with van der Waals surface area (Å²) in [5, 5.41) is 1.75. The van der Waals surface area contributed by atoms with Gasteiger partial charge in [0.05, 0.1) is 17.4 Å². The van der Waals surface area contributed by atoms with Gasteiger partial charge in [0, 0.05) is 25.1 Å². The fraction of sp³-hybridized carbons (Fsp3) is 0.667. The van der Waals surface area contributed by atoms with E-state index in [0.717, 1.165) is 6.61 Å². The van der Waals surface area contributed by atoms with Gasteiger partial charge in [-0.2, -0.15) is 4.31 Å². The van der Waals surface area contributed by atoms with Gasteiger partial charge in [0.25, 0.3) is 0 Å². The van der Waals surface area contributed by atoms with Crippen molar-refractivity contribution in [2.75, 3.05) is 26.8 Å². The molecular formula is C12H18ClNO3S2. The Morgan fingerprint density at radius 2 is 2.26 bits per heavy atom. The molecule has 0 amide bonds. The van der Waals surface area contributed by atoms with Gasteiger partial charge in [-0.25, -0.2) is 8.42 Å². The smallest absolute Gasteiger partial charge is 0.244 e. The monoisotopic (exact) mass is 323 g/mol. The highest BCUT2D eigenvalue weighted by Gasteiger charge is 2.25. The lowest BCUT2D eigenvalue weighted by atomic mass is 10.5. The Labute approximate surface area is 123 Å². The van der Waals surface area contributed by atoms with E-state index < -0.39 is 10.0 Å². The molecule has 0 saturated heterocycles. The summed E-state index contributed by atoms with van der Waals surface area (Å²) >= 11 is 7.12. The van der Waals surface area contributed by atoms with E-state index in [1.807, 2.05) is 0 Å². The molecule has 0 radical (unpaired) electrons. The third kappa shape index (κ3) is 3.92. The van der Waals surface area contributed by atoms with Crippen molar-refractivity contribution in [3.05, 3.63) is 16.3 Å². The molecule has 0 aliphatic heterocycles. The average Bonchev–Trinajstić information content (AvgIpc) is 3.07. The molecule has 0 aromatic carbocycles. The van der Waals surface area contributed by atoms with E-state index >= 15 is 0 Å². The first-order chi connectivity index (χ1) is 9.05. The van der Waals surface area contributed by atoms with Gasteiger partial charge in [-0.1, -0.05) is 0 Å². The number of nitrogens with zero attached hydrogens (tertiary/aromatic N) is 1. The number of hydrogen-bond donors (Lipinski definition) is 0. The van der Waals surface area contributed by atoms with E-state index in [4.69, 9.17) is 16.3 Å². The fourth-order valence-electron chi connectivity index (χ4n) is 1.67. The van der Waals surface area contributed by atoms with Crippen LogP contribution in [0.25, 0.3) is 0 Å². The summed E-state index contributed by atoms with van der Waals surface area (Å²) in [5.74, 6) is 0.916. The van der Waals surface area contributed by atoms with Crippen molar-refractivity contribution in [3.8, 4) is 0 Å². The largest absolute Gasteiger partial charge is 0.380 e. The molecule has 2 rings (SSSR count). The minimum absolute atomic E-state index is 0.220. The van der Waals surface area contributed by atoms with Gasteiger partial charge in [0.1, 0.15) is 0 Å². The minimum atomic E-state index is -3.44. The predicted octanol–water partition coefficient (Wildman–Crippen LogP) is 2.53. The van der Waals surface area contributed by atoms with Crippen LogP contribution in [0.4, 0.5) is 0 Å². The van der Waals surface area contributed by atoms with E-state index in [-0.39, 0.29) is 5.88 Å². The lowest BCUT2D eigenvalue weighted by Gasteiger charge is -2.17. The van der Waals surface area contributed by atoms with Crippen LogP contribution < -0.4 is 0 Å². The standard InChI is InChI=1S/C12H18ClNO3S2/c1-14(5-6-17-9-10-2-3-10)19(15,16)12-4-7-18-11(12)8-13/h4,7,10H,2-3,5-6,8-9H2,1H3. The van der Waals surface area contributed by atoms with Crippen LogP contribution in [-0.2, 0) is 20.6 Å². The van der Waals surface area contributed by atoms with Crippen LogP contribution in [0.15, 0.2) is 16.3 Å². The summed E-state index contributed by atoms with van der Waals surface area (Å²) in [7, 11) is -1.87. The second-order valence-corrected chi connectivity index (χ2v) is 7.97. The van der Waals surface area contributed by atoms with E-state index in [2.05, 4.69) is 0 Å². The first-order valence-electron chi connectivity index (χ1n) is 6.22. The van der Waals surface area contributed by atoms with Crippen molar-refractivity contribution >= 4 is 33.0 Å². The topological polar surface area (TPSA) is 46.6 Å². The molecule has 1 saturated carbocycles. The van der Waals surface area contributed by atoms with Gasteiger partial charge in [-0.3, -0.25) is 0 Å². The Bertz CT molecular complexity index is 511. The lowest BCUT2D eigenvalue weighted by molar-refractivity contribution is 0.117. The van der Waals surface area contributed by atoms with Crippen molar-refractivity contribution in [1.29, 1.82) is 0 Å². The summed E-state index contributed by atoms with van der Waals surface area (Å²) in [6.07, 6.45) is 2.48. The van der Waals surface area contributed by atoms with Crippen LogP contribution in [-0.4, -0.2) is 39.5 Å². The van der Waals surface area contributed by atoms with Gasteiger partial charge >= 0.3 is 0 Å². The van der Waals surface area contributed by atoms with Gasteiger partial charge in [0.15, 0.2) is 0 Å². The molecule has 0 bridgehead atoms. The molecule has 0 N–H and O–H groups in total. The Morgan fingerprint density at radius 3 is 2.89 bits per heavy atom. The number of alkyl halides is 1. The van der Waals surface area contributed by atoms with Crippen LogP contribution in [0, 0.1) is 5.92 Å². The number of ether oxygens (including phenoxy) is 1. The SMILES string of the molecule is CN(CCOCC1CC1)S(=O)(=O)c1ccsc1CCl. The molecular weight excluding hydrogens is 306 g/mol. The summed E-state index contributed by atoms with van der Waals surface area (Å²) in [4.78, 5) is 1.00. The summed E-state index contributed by atoms with van der Waals surface area (Å²) in [6, 6.07) is 1.61.